The number of nitrogens with one attached hydrogen (secondary N) is 3. The van der Waals surface area contributed by atoms with E-state index in [2.05, 4.69) is 16.0 Å². The van der Waals surface area contributed by atoms with Crippen LogP contribution in [-0.2, 0) is 9.59 Å². The van der Waals surface area contributed by atoms with Crippen molar-refractivity contribution in [3.63, 3.8) is 0 Å². The van der Waals surface area contributed by atoms with Crippen LogP contribution in [0.5, 0.6) is 0 Å². The second-order valence-electron chi connectivity index (χ2n) is 10.1. The second-order valence-corrected chi connectivity index (χ2v) is 11.1. The number of primary amides is 1. The van der Waals surface area contributed by atoms with Crippen molar-refractivity contribution < 1.29 is 19.2 Å². The molecule has 0 saturated heterocycles. The van der Waals surface area contributed by atoms with Crippen LogP contribution in [0, 0.1) is 0 Å². The molecule has 0 aliphatic rings. The third kappa shape index (κ3) is 8.58. The summed E-state index contributed by atoms with van der Waals surface area (Å²) in [6.45, 7) is 0. The molecular formula is C37H30N4O4S. The minimum absolute atomic E-state index is 0.0573. The number of para-hydroxylation sites is 1. The lowest BCUT2D eigenvalue weighted by Crippen LogP contribution is -2.30. The SMILES string of the molecule is NC(=O)c1ccccc1NC(=O)CSc1cccc(NC(=O)/C(=C\c2ccc(-c3ccccc3)cc2)NC(=O)c2ccccc2)c1. The van der Waals surface area contributed by atoms with Gasteiger partial charge < -0.3 is 21.7 Å². The number of amides is 4. The van der Waals surface area contributed by atoms with E-state index < -0.39 is 17.7 Å². The van der Waals surface area contributed by atoms with Crippen molar-refractivity contribution >= 4 is 52.8 Å². The summed E-state index contributed by atoms with van der Waals surface area (Å²) in [5.41, 5.74) is 9.74. The normalized spacial score (nSPS) is 10.9. The predicted molar refractivity (Wildman–Crippen MR) is 183 cm³/mol. The maximum absolute atomic E-state index is 13.5. The quantitative estimate of drug-likeness (QED) is 0.0971. The van der Waals surface area contributed by atoms with Gasteiger partial charge in [-0.25, -0.2) is 0 Å². The van der Waals surface area contributed by atoms with Crippen molar-refractivity contribution in [1.82, 2.24) is 5.32 Å². The number of hydrogen-bond acceptors (Lipinski definition) is 5. The third-order valence-electron chi connectivity index (χ3n) is 6.79. The molecule has 0 bridgehead atoms. The van der Waals surface area contributed by atoms with E-state index in [-0.39, 0.29) is 22.9 Å². The largest absolute Gasteiger partial charge is 0.366 e. The smallest absolute Gasteiger partial charge is 0.272 e. The van der Waals surface area contributed by atoms with Crippen LogP contribution in [0.25, 0.3) is 17.2 Å². The van der Waals surface area contributed by atoms with E-state index in [1.807, 2.05) is 66.7 Å². The second kappa shape index (κ2) is 15.2. The maximum Gasteiger partial charge on any atom is 0.272 e. The molecule has 0 aliphatic heterocycles. The first-order valence-electron chi connectivity index (χ1n) is 14.3. The van der Waals surface area contributed by atoms with E-state index in [1.165, 1.54) is 11.8 Å². The topological polar surface area (TPSA) is 130 Å². The Bertz CT molecular complexity index is 1890. The molecule has 0 spiro atoms. The first kappa shape index (κ1) is 31.5. The molecule has 0 radical (unpaired) electrons. The highest BCUT2D eigenvalue weighted by Gasteiger charge is 2.16. The summed E-state index contributed by atoms with van der Waals surface area (Å²) in [5, 5.41) is 8.33. The summed E-state index contributed by atoms with van der Waals surface area (Å²) in [5.74, 6) is -1.83. The fourth-order valence-corrected chi connectivity index (χ4v) is 5.27. The van der Waals surface area contributed by atoms with Crippen LogP contribution in [0.15, 0.2) is 144 Å². The molecule has 0 aliphatic carbocycles. The van der Waals surface area contributed by atoms with Gasteiger partial charge in [0.05, 0.1) is 17.0 Å². The summed E-state index contributed by atoms with van der Waals surface area (Å²) in [6, 6.07) is 39.8. The molecule has 46 heavy (non-hydrogen) atoms. The number of carbonyl (C=O) groups excluding carboxylic acids is 4. The molecule has 0 heterocycles. The van der Waals surface area contributed by atoms with Crippen molar-refractivity contribution in [3.8, 4) is 11.1 Å². The number of anilines is 2. The van der Waals surface area contributed by atoms with E-state index in [4.69, 9.17) is 5.73 Å². The van der Waals surface area contributed by atoms with Gasteiger partial charge in [-0.3, -0.25) is 19.2 Å². The summed E-state index contributed by atoms with van der Waals surface area (Å²) >= 11 is 1.26. The number of benzene rings is 5. The molecule has 0 aromatic heterocycles. The molecule has 5 aromatic carbocycles. The van der Waals surface area contributed by atoms with Crippen molar-refractivity contribution in [2.45, 2.75) is 4.90 Å². The predicted octanol–water partition coefficient (Wildman–Crippen LogP) is 6.59. The highest BCUT2D eigenvalue weighted by Crippen LogP contribution is 2.24. The lowest BCUT2D eigenvalue weighted by Gasteiger charge is -2.13. The Balaban J connectivity index is 1.29. The Hall–Kier alpha value is -5.93. The number of rotatable bonds is 11. The molecule has 5 N–H and O–H groups in total. The molecule has 5 rings (SSSR count). The fraction of sp³-hybridized carbons (Fsp3) is 0.0270. The Labute approximate surface area is 270 Å². The van der Waals surface area contributed by atoms with Gasteiger partial charge >= 0.3 is 0 Å². The van der Waals surface area contributed by atoms with Gasteiger partial charge in [0.2, 0.25) is 5.91 Å². The van der Waals surface area contributed by atoms with Crippen molar-refractivity contribution in [3.05, 3.63) is 156 Å². The van der Waals surface area contributed by atoms with Gasteiger partial charge in [-0.1, -0.05) is 91.0 Å². The monoisotopic (exact) mass is 626 g/mol. The van der Waals surface area contributed by atoms with Crippen molar-refractivity contribution in [1.29, 1.82) is 0 Å². The van der Waals surface area contributed by atoms with Crippen molar-refractivity contribution in [2.24, 2.45) is 5.73 Å². The van der Waals surface area contributed by atoms with Crippen molar-refractivity contribution in [2.75, 3.05) is 16.4 Å². The van der Waals surface area contributed by atoms with Gasteiger partial charge in [-0.05, 0) is 65.2 Å². The van der Waals surface area contributed by atoms with Gasteiger partial charge in [0.1, 0.15) is 5.70 Å². The maximum atomic E-state index is 13.5. The van der Waals surface area contributed by atoms with Gasteiger partial charge in [0.25, 0.3) is 17.7 Å². The van der Waals surface area contributed by atoms with E-state index >= 15 is 0 Å². The van der Waals surface area contributed by atoms with Crippen LogP contribution in [0.4, 0.5) is 11.4 Å². The average molecular weight is 627 g/mol. The van der Waals surface area contributed by atoms with Gasteiger partial charge in [0.15, 0.2) is 0 Å². The Morgan fingerprint density at radius 2 is 1.33 bits per heavy atom. The third-order valence-corrected chi connectivity index (χ3v) is 7.78. The Morgan fingerprint density at radius 3 is 2.04 bits per heavy atom. The summed E-state index contributed by atoms with van der Waals surface area (Å²) in [7, 11) is 0. The minimum atomic E-state index is -0.635. The molecule has 5 aromatic rings. The molecular weight excluding hydrogens is 596 g/mol. The van der Waals surface area contributed by atoms with Crippen LogP contribution in [0.3, 0.4) is 0 Å². The van der Waals surface area contributed by atoms with Gasteiger partial charge in [0, 0.05) is 16.1 Å². The number of carbonyl (C=O) groups is 4. The summed E-state index contributed by atoms with van der Waals surface area (Å²) in [4.78, 5) is 51.6. The van der Waals surface area contributed by atoms with Crippen LogP contribution in [0.1, 0.15) is 26.3 Å². The molecule has 228 valence electrons. The zero-order chi connectivity index (χ0) is 32.3. The standard InChI is InChI=1S/C37H30N4O4S/c38-35(43)31-16-7-8-17-32(31)40-34(42)24-46-30-15-9-14-29(23-30)39-37(45)33(41-36(44)28-12-5-2-6-13-28)22-25-18-20-27(21-19-25)26-10-3-1-4-11-26/h1-23H,24H2,(H2,38,43)(H,39,45)(H,40,42)(H,41,44)/b33-22+. The number of hydrogen-bond donors (Lipinski definition) is 4. The van der Waals surface area contributed by atoms with Crippen LogP contribution >= 0.6 is 11.8 Å². The molecule has 4 amide bonds. The summed E-state index contributed by atoms with van der Waals surface area (Å²) < 4.78 is 0. The minimum Gasteiger partial charge on any atom is -0.366 e. The molecule has 0 unspecified atom stereocenters. The Kier molecular flexibility index (Phi) is 10.4. The molecule has 0 fully saturated rings. The first-order chi connectivity index (χ1) is 22.4. The lowest BCUT2D eigenvalue weighted by molar-refractivity contribution is -0.114. The van der Waals surface area contributed by atoms with Gasteiger partial charge in [-0.15, -0.1) is 11.8 Å². The fourth-order valence-electron chi connectivity index (χ4n) is 4.52. The molecule has 8 nitrogen and oxygen atoms in total. The number of thioether (sulfide) groups is 1. The van der Waals surface area contributed by atoms with Crippen LogP contribution in [-0.4, -0.2) is 29.4 Å². The van der Waals surface area contributed by atoms with Crippen LogP contribution < -0.4 is 21.7 Å². The van der Waals surface area contributed by atoms with E-state index in [0.29, 0.717) is 16.9 Å². The van der Waals surface area contributed by atoms with E-state index in [1.54, 1.807) is 72.8 Å². The van der Waals surface area contributed by atoms with E-state index in [9.17, 15) is 19.2 Å². The molecule has 9 heteroatoms. The highest BCUT2D eigenvalue weighted by atomic mass is 32.2. The first-order valence-corrected chi connectivity index (χ1v) is 15.3. The summed E-state index contributed by atoms with van der Waals surface area (Å²) in [6.07, 6.45) is 1.62. The highest BCUT2D eigenvalue weighted by molar-refractivity contribution is 8.00. The Morgan fingerprint density at radius 1 is 0.674 bits per heavy atom. The molecule has 0 saturated carbocycles. The number of nitrogens with two attached hydrogens (primary N) is 1. The van der Waals surface area contributed by atoms with Gasteiger partial charge in [-0.2, -0.15) is 0 Å². The van der Waals surface area contributed by atoms with E-state index in [0.717, 1.165) is 21.6 Å². The zero-order valence-corrected chi connectivity index (χ0v) is 25.4. The average Bonchev–Trinajstić information content (AvgIpc) is 3.08. The lowest BCUT2D eigenvalue weighted by atomic mass is 10.0. The molecule has 0 atom stereocenters. The van der Waals surface area contributed by atoms with Crippen LogP contribution in [0.2, 0.25) is 0 Å². The zero-order valence-electron chi connectivity index (χ0n) is 24.6.